The molecule has 30 heavy (non-hydrogen) atoms. The standard InChI is InChI=1S/C23H31N3O4/c1-3-13-25-23(27)19-9-12-21(22(16-19)28-2)30-15-6-4-5-14-29-20-10-7-18(8-11-20)17-26-24/h7-12,16-17H,3-6,13-15,24H2,1-2H3,(H,25,27). The topological polar surface area (TPSA) is 95.2 Å². The Morgan fingerprint density at radius 1 is 1.03 bits per heavy atom. The van der Waals surface area contributed by atoms with Crippen molar-refractivity contribution in [3.8, 4) is 17.2 Å². The minimum absolute atomic E-state index is 0.108. The molecule has 0 aromatic heterocycles. The zero-order chi connectivity index (χ0) is 21.6. The smallest absolute Gasteiger partial charge is 0.251 e. The molecule has 0 saturated carbocycles. The maximum absolute atomic E-state index is 12.1. The fourth-order valence-electron chi connectivity index (χ4n) is 2.76. The van der Waals surface area contributed by atoms with Gasteiger partial charge in [0.25, 0.3) is 5.91 Å². The van der Waals surface area contributed by atoms with E-state index in [-0.39, 0.29) is 5.91 Å². The number of unbranched alkanes of at least 4 members (excludes halogenated alkanes) is 2. The van der Waals surface area contributed by atoms with Gasteiger partial charge in [0, 0.05) is 12.1 Å². The Hall–Kier alpha value is -3.22. The molecule has 0 radical (unpaired) electrons. The van der Waals surface area contributed by atoms with Gasteiger partial charge in [-0.2, -0.15) is 5.10 Å². The van der Waals surface area contributed by atoms with Crippen LogP contribution < -0.4 is 25.4 Å². The highest BCUT2D eigenvalue weighted by Gasteiger charge is 2.10. The largest absolute Gasteiger partial charge is 0.494 e. The fraction of sp³-hybridized carbons (Fsp3) is 0.391. The second kappa shape index (κ2) is 13.1. The quantitative estimate of drug-likeness (QED) is 0.226. The first-order valence-electron chi connectivity index (χ1n) is 10.2. The van der Waals surface area contributed by atoms with Crippen LogP contribution in [0.3, 0.4) is 0 Å². The number of hydrazone groups is 1. The first-order chi connectivity index (χ1) is 14.7. The third-order valence-corrected chi connectivity index (χ3v) is 4.38. The molecule has 2 aromatic carbocycles. The summed E-state index contributed by atoms with van der Waals surface area (Å²) in [6.45, 7) is 3.89. The van der Waals surface area contributed by atoms with Gasteiger partial charge in [0.05, 0.1) is 26.5 Å². The number of hydrogen-bond donors (Lipinski definition) is 2. The summed E-state index contributed by atoms with van der Waals surface area (Å²) in [6.07, 6.45) is 5.30. The SMILES string of the molecule is CCCNC(=O)c1ccc(OCCCCCOc2ccc(C=NN)cc2)c(OC)c1. The Kier molecular flexibility index (Phi) is 10.1. The predicted molar refractivity (Wildman–Crippen MR) is 119 cm³/mol. The van der Waals surface area contributed by atoms with Crippen LogP contribution in [0.1, 0.15) is 48.5 Å². The van der Waals surface area contributed by atoms with Crippen LogP contribution >= 0.6 is 0 Å². The average molecular weight is 414 g/mol. The van der Waals surface area contributed by atoms with E-state index in [1.807, 2.05) is 31.2 Å². The van der Waals surface area contributed by atoms with Gasteiger partial charge in [-0.05, 0) is 73.7 Å². The van der Waals surface area contributed by atoms with Crippen LogP contribution in [-0.4, -0.2) is 39.0 Å². The van der Waals surface area contributed by atoms with Crippen molar-refractivity contribution < 1.29 is 19.0 Å². The lowest BCUT2D eigenvalue weighted by molar-refractivity contribution is 0.0953. The van der Waals surface area contributed by atoms with Gasteiger partial charge in [-0.25, -0.2) is 0 Å². The van der Waals surface area contributed by atoms with Crippen LogP contribution in [0.5, 0.6) is 17.2 Å². The summed E-state index contributed by atoms with van der Waals surface area (Å²) < 4.78 is 16.9. The van der Waals surface area contributed by atoms with Crippen LogP contribution in [0.25, 0.3) is 0 Å². The third kappa shape index (κ3) is 7.66. The van der Waals surface area contributed by atoms with Gasteiger partial charge in [-0.1, -0.05) is 6.92 Å². The second-order valence-corrected chi connectivity index (χ2v) is 6.73. The monoisotopic (exact) mass is 413 g/mol. The maximum atomic E-state index is 12.1. The van der Waals surface area contributed by atoms with Crippen molar-refractivity contribution in [1.29, 1.82) is 0 Å². The minimum Gasteiger partial charge on any atom is -0.494 e. The van der Waals surface area contributed by atoms with Crippen molar-refractivity contribution in [2.75, 3.05) is 26.9 Å². The van der Waals surface area contributed by atoms with Gasteiger partial charge in [0.2, 0.25) is 0 Å². The molecule has 0 saturated heterocycles. The van der Waals surface area contributed by atoms with Crippen molar-refractivity contribution in [1.82, 2.24) is 5.32 Å². The van der Waals surface area contributed by atoms with Gasteiger partial charge in [-0.3, -0.25) is 4.79 Å². The zero-order valence-corrected chi connectivity index (χ0v) is 17.7. The van der Waals surface area contributed by atoms with E-state index < -0.39 is 0 Å². The summed E-state index contributed by atoms with van der Waals surface area (Å²) in [5.74, 6) is 7.05. The van der Waals surface area contributed by atoms with Gasteiger partial charge in [0.1, 0.15) is 5.75 Å². The third-order valence-electron chi connectivity index (χ3n) is 4.38. The molecule has 0 heterocycles. The Balaban J connectivity index is 1.68. The fourth-order valence-corrected chi connectivity index (χ4v) is 2.76. The number of nitrogens with zero attached hydrogens (tertiary/aromatic N) is 1. The number of hydrogen-bond acceptors (Lipinski definition) is 6. The predicted octanol–water partition coefficient (Wildman–Crippen LogP) is 3.76. The lowest BCUT2D eigenvalue weighted by Crippen LogP contribution is -2.23. The minimum atomic E-state index is -0.108. The van der Waals surface area contributed by atoms with Crippen molar-refractivity contribution in [2.45, 2.75) is 32.6 Å². The number of ether oxygens (including phenoxy) is 3. The van der Waals surface area contributed by atoms with Gasteiger partial charge in [-0.15, -0.1) is 0 Å². The van der Waals surface area contributed by atoms with Crippen molar-refractivity contribution in [2.24, 2.45) is 10.9 Å². The van der Waals surface area contributed by atoms with Crippen LogP contribution in [0.2, 0.25) is 0 Å². The molecule has 3 N–H and O–H groups in total. The number of nitrogens with two attached hydrogens (primary N) is 1. The van der Waals surface area contributed by atoms with E-state index in [9.17, 15) is 4.79 Å². The Bertz CT molecular complexity index is 807. The first-order valence-corrected chi connectivity index (χ1v) is 10.2. The van der Waals surface area contributed by atoms with E-state index >= 15 is 0 Å². The number of amides is 1. The first kappa shape index (κ1) is 23.1. The van der Waals surface area contributed by atoms with E-state index in [4.69, 9.17) is 20.1 Å². The summed E-state index contributed by atoms with van der Waals surface area (Å²) in [5.41, 5.74) is 1.50. The molecule has 2 aromatic rings. The van der Waals surface area contributed by atoms with E-state index in [0.29, 0.717) is 36.8 Å². The summed E-state index contributed by atoms with van der Waals surface area (Å²) in [4.78, 5) is 12.1. The highest BCUT2D eigenvalue weighted by molar-refractivity contribution is 5.94. The highest BCUT2D eigenvalue weighted by Crippen LogP contribution is 2.28. The Morgan fingerprint density at radius 3 is 2.43 bits per heavy atom. The van der Waals surface area contributed by atoms with E-state index in [1.165, 1.54) is 0 Å². The lowest BCUT2D eigenvalue weighted by Gasteiger charge is -2.12. The zero-order valence-electron chi connectivity index (χ0n) is 17.7. The second-order valence-electron chi connectivity index (χ2n) is 6.73. The molecule has 162 valence electrons. The summed E-state index contributed by atoms with van der Waals surface area (Å²) in [7, 11) is 1.57. The molecule has 0 aliphatic carbocycles. The number of methoxy groups -OCH3 is 1. The van der Waals surface area contributed by atoms with Crippen LogP contribution in [-0.2, 0) is 0 Å². The maximum Gasteiger partial charge on any atom is 0.251 e. The Morgan fingerprint density at radius 2 is 1.77 bits per heavy atom. The van der Waals surface area contributed by atoms with Crippen LogP contribution in [0.15, 0.2) is 47.6 Å². The lowest BCUT2D eigenvalue weighted by atomic mass is 10.2. The van der Waals surface area contributed by atoms with E-state index in [1.54, 1.807) is 31.5 Å². The molecule has 0 aliphatic rings. The van der Waals surface area contributed by atoms with Crippen molar-refractivity contribution >= 4 is 12.1 Å². The number of carbonyl (C=O) groups excluding carboxylic acids is 1. The molecule has 7 heteroatoms. The molecule has 2 rings (SSSR count). The molecule has 0 bridgehead atoms. The van der Waals surface area contributed by atoms with E-state index in [0.717, 1.165) is 37.0 Å². The molecule has 1 amide bonds. The molecule has 0 aliphatic heterocycles. The summed E-state index contributed by atoms with van der Waals surface area (Å²) in [6, 6.07) is 12.9. The number of nitrogens with one attached hydrogen (secondary N) is 1. The molecule has 0 unspecified atom stereocenters. The van der Waals surface area contributed by atoms with E-state index in [2.05, 4.69) is 10.4 Å². The molecular weight excluding hydrogens is 382 g/mol. The number of carbonyl (C=O) groups is 1. The normalized spacial score (nSPS) is 10.7. The van der Waals surface area contributed by atoms with Crippen LogP contribution in [0, 0.1) is 0 Å². The molecule has 0 atom stereocenters. The van der Waals surface area contributed by atoms with Gasteiger partial charge in [0.15, 0.2) is 11.5 Å². The molecule has 0 spiro atoms. The van der Waals surface area contributed by atoms with Crippen molar-refractivity contribution in [3.63, 3.8) is 0 Å². The molecule has 0 fully saturated rings. The molecule has 7 nitrogen and oxygen atoms in total. The summed E-state index contributed by atoms with van der Waals surface area (Å²) >= 11 is 0. The van der Waals surface area contributed by atoms with Crippen molar-refractivity contribution in [3.05, 3.63) is 53.6 Å². The van der Waals surface area contributed by atoms with Gasteiger partial charge < -0.3 is 25.4 Å². The summed E-state index contributed by atoms with van der Waals surface area (Å²) in [5, 5.41) is 6.34. The number of benzene rings is 2. The number of rotatable bonds is 13. The van der Waals surface area contributed by atoms with Crippen LogP contribution in [0.4, 0.5) is 0 Å². The highest BCUT2D eigenvalue weighted by atomic mass is 16.5. The van der Waals surface area contributed by atoms with Gasteiger partial charge >= 0.3 is 0 Å². The Labute approximate surface area is 178 Å². The molecular formula is C23H31N3O4. The average Bonchev–Trinajstić information content (AvgIpc) is 2.78.